The fourth-order valence-corrected chi connectivity index (χ4v) is 7.15. The monoisotopic (exact) mass is 646 g/mol. The quantitative estimate of drug-likeness (QED) is 0.297. The fraction of sp³-hybridized carbons (Fsp3) is 0.200. The lowest BCUT2D eigenvalue weighted by Crippen LogP contribution is -3.00. The van der Waals surface area contributed by atoms with Crippen LogP contribution in [-0.4, -0.2) is 43.4 Å². The van der Waals surface area contributed by atoms with Gasteiger partial charge in [-0.3, -0.25) is 4.31 Å². The summed E-state index contributed by atoms with van der Waals surface area (Å²) < 4.78 is 28.1. The summed E-state index contributed by atoms with van der Waals surface area (Å²) in [5.41, 5.74) is 3.82. The van der Waals surface area contributed by atoms with E-state index in [0.29, 0.717) is 39.8 Å². The highest BCUT2D eigenvalue weighted by atomic mass is 79.9. The SMILES string of the molecule is CS(=O)(=O)N(c1cccc(O)c1)C1C[N+](Cc2ccccc2)(C(c2ccc(Cl)cc2)c2ccc(Cl)cc2)C1.[Br-]. The molecule has 1 fully saturated rings. The van der Waals surface area contributed by atoms with Crippen molar-refractivity contribution in [1.29, 1.82) is 0 Å². The van der Waals surface area contributed by atoms with Crippen molar-refractivity contribution in [3.63, 3.8) is 0 Å². The first-order chi connectivity index (χ1) is 18.1. The van der Waals surface area contributed by atoms with Crippen LogP contribution in [0.3, 0.4) is 0 Å². The lowest BCUT2D eigenvalue weighted by Gasteiger charge is -2.57. The standard InChI is InChI=1S/C30H28Cl2N2O3S.BrH/c1-38(36,37)33(27-8-5-9-29(35)18-27)28-20-34(21-28,19-22-6-3-2-4-7-22)30(23-10-14-25(31)15-11-23)24-12-16-26(32)17-13-24;/h2-18,28,30H,19-21H2,1H3;1H. The molecule has 0 saturated carbocycles. The van der Waals surface area contributed by atoms with Crippen molar-refractivity contribution >= 4 is 38.9 Å². The topological polar surface area (TPSA) is 57.6 Å². The van der Waals surface area contributed by atoms with Crippen LogP contribution in [-0.2, 0) is 16.6 Å². The van der Waals surface area contributed by atoms with Crippen molar-refractivity contribution in [2.75, 3.05) is 23.7 Å². The maximum Gasteiger partial charge on any atom is 0.232 e. The molecular formula is C30H29BrCl2N2O3S. The van der Waals surface area contributed by atoms with Gasteiger partial charge in [-0.15, -0.1) is 0 Å². The number of halogens is 3. The number of hydrogen-bond donors (Lipinski definition) is 1. The second kappa shape index (κ2) is 11.9. The van der Waals surface area contributed by atoms with Gasteiger partial charge in [0.2, 0.25) is 10.0 Å². The van der Waals surface area contributed by atoms with Crippen LogP contribution >= 0.6 is 23.2 Å². The number of sulfonamides is 1. The molecule has 0 radical (unpaired) electrons. The molecule has 0 spiro atoms. The van der Waals surface area contributed by atoms with Gasteiger partial charge in [-0.1, -0.05) is 83.9 Å². The van der Waals surface area contributed by atoms with Crippen molar-refractivity contribution in [1.82, 2.24) is 0 Å². The Hall–Kier alpha value is -2.55. The first-order valence-electron chi connectivity index (χ1n) is 12.3. The second-order valence-electron chi connectivity index (χ2n) is 9.97. The van der Waals surface area contributed by atoms with Gasteiger partial charge in [0.25, 0.3) is 0 Å². The summed E-state index contributed by atoms with van der Waals surface area (Å²) in [6.45, 7) is 1.87. The molecule has 1 saturated heterocycles. The number of aromatic hydroxyl groups is 1. The number of quaternary nitrogens is 1. The highest BCUT2D eigenvalue weighted by Crippen LogP contribution is 2.45. The van der Waals surface area contributed by atoms with Gasteiger partial charge in [-0.2, -0.15) is 0 Å². The number of nitrogens with zero attached hydrogens (tertiary/aromatic N) is 2. The summed E-state index contributed by atoms with van der Waals surface area (Å²) in [6, 6.07) is 32.1. The summed E-state index contributed by atoms with van der Waals surface area (Å²) in [7, 11) is -3.61. The number of phenolic OH excluding ortho intramolecular Hbond substituents is 1. The second-order valence-corrected chi connectivity index (χ2v) is 12.7. The minimum absolute atomic E-state index is 0. The molecule has 1 heterocycles. The number of likely N-dealkylation sites (tertiary alicyclic amines) is 1. The number of benzene rings is 4. The van der Waals surface area contributed by atoms with E-state index in [2.05, 4.69) is 12.1 Å². The van der Waals surface area contributed by atoms with Crippen LogP contribution in [0.5, 0.6) is 5.75 Å². The smallest absolute Gasteiger partial charge is 0.232 e. The molecule has 204 valence electrons. The first-order valence-corrected chi connectivity index (χ1v) is 14.9. The van der Waals surface area contributed by atoms with Gasteiger partial charge in [0, 0.05) is 32.8 Å². The highest BCUT2D eigenvalue weighted by molar-refractivity contribution is 7.92. The minimum atomic E-state index is -3.61. The molecule has 5 rings (SSSR count). The van der Waals surface area contributed by atoms with Crippen LogP contribution in [0, 0.1) is 0 Å². The van der Waals surface area contributed by atoms with Gasteiger partial charge >= 0.3 is 0 Å². The summed E-state index contributed by atoms with van der Waals surface area (Å²) in [5, 5.41) is 11.4. The molecule has 0 aromatic heterocycles. The molecular weight excluding hydrogens is 619 g/mol. The molecule has 39 heavy (non-hydrogen) atoms. The average Bonchev–Trinajstić information content (AvgIpc) is 2.85. The van der Waals surface area contributed by atoms with Gasteiger partial charge in [-0.25, -0.2) is 8.42 Å². The molecule has 0 unspecified atom stereocenters. The predicted molar refractivity (Wildman–Crippen MR) is 154 cm³/mol. The molecule has 0 aliphatic carbocycles. The van der Waals surface area contributed by atoms with Crippen LogP contribution in [0.15, 0.2) is 103 Å². The van der Waals surface area contributed by atoms with E-state index in [1.807, 2.05) is 66.7 Å². The maximum atomic E-state index is 13.0. The average molecular weight is 648 g/mol. The third-order valence-corrected chi connectivity index (χ3v) is 8.91. The van der Waals surface area contributed by atoms with E-state index in [0.717, 1.165) is 11.1 Å². The van der Waals surface area contributed by atoms with E-state index in [1.54, 1.807) is 12.1 Å². The number of anilines is 1. The molecule has 4 aromatic rings. The Morgan fingerprint density at radius 1 is 0.846 bits per heavy atom. The summed E-state index contributed by atoms with van der Waals surface area (Å²) >= 11 is 12.5. The molecule has 0 atom stereocenters. The molecule has 1 N–H and O–H groups in total. The zero-order valence-electron chi connectivity index (χ0n) is 21.3. The minimum Gasteiger partial charge on any atom is -1.00 e. The Morgan fingerprint density at radius 3 is 1.87 bits per heavy atom. The van der Waals surface area contributed by atoms with Gasteiger partial charge in [0.15, 0.2) is 0 Å². The first kappa shape index (κ1) is 29.4. The molecule has 4 aromatic carbocycles. The lowest BCUT2D eigenvalue weighted by molar-refractivity contribution is -0.999. The zero-order valence-corrected chi connectivity index (χ0v) is 25.2. The van der Waals surface area contributed by atoms with E-state index < -0.39 is 10.0 Å². The Labute approximate surface area is 250 Å². The predicted octanol–water partition coefficient (Wildman–Crippen LogP) is 3.66. The summed E-state index contributed by atoms with van der Waals surface area (Å²) in [6.07, 6.45) is 1.22. The molecule has 1 aliphatic heterocycles. The van der Waals surface area contributed by atoms with Gasteiger partial charge in [0.05, 0.1) is 11.9 Å². The van der Waals surface area contributed by atoms with Crippen molar-refractivity contribution in [3.05, 3.63) is 130 Å². The Bertz CT molecular complexity index is 1470. The van der Waals surface area contributed by atoms with E-state index in [4.69, 9.17) is 23.2 Å². The Kier molecular flexibility index (Phi) is 8.98. The maximum absolute atomic E-state index is 13.0. The fourth-order valence-electron chi connectivity index (χ4n) is 5.73. The Morgan fingerprint density at radius 2 is 1.38 bits per heavy atom. The van der Waals surface area contributed by atoms with Crippen LogP contribution in [0.1, 0.15) is 22.7 Å². The molecule has 0 amide bonds. The van der Waals surface area contributed by atoms with E-state index >= 15 is 0 Å². The normalized spacial score (nSPS) is 18.7. The zero-order chi connectivity index (χ0) is 26.9. The van der Waals surface area contributed by atoms with Crippen molar-refractivity contribution in [3.8, 4) is 5.75 Å². The van der Waals surface area contributed by atoms with Crippen LogP contribution in [0.2, 0.25) is 10.0 Å². The van der Waals surface area contributed by atoms with E-state index in [-0.39, 0.29) is 34.8 Å². The van der Waals surface area contributed by atoms with Crippen molar-refractivity contribution in [2.24, 2.45) is 0 Å². The van der Waals surface area contributed by atoms with Crippen LogP contribution in [0.25, 0.3) is 0 Å². The van der Waals surface area contributed by atoms with Crippen molar-refractivity contribution < 1.29 is 35.0 Å². The Balaban J connectivity index is 0.00000353. The highest BCUT2D eigenvalue weighted by Gasteiger charge is 2.54. The summed E-state index contributed by atoms with van der Waals surface area (Å²) in [5.74, 6) is 0.0284. The number of phenols is 1. The third kappa shape index (κ3) is 6.44. The van der Waals surface area contributed by atoms with E-state index in [1.165, 1.54) is 28.3 Å². The van der Waals surface area contributed by atoms with Crippen LogP contribution in [0.4, 0.5) is 5.69 Å². The molecule has 1 aliphatic rings. The van der Waals surface area contributed by atoms with Gasteiger partial charge in [0.1, 0.15) is 37.5 Å². The molecule has 0 bridgehead atoms. The third-order valence-electron chi connectivity index (χ3n) is 7.18. The van der Waals surface area contributed by atoms with Crippen LogP contribution < -0.4 is 21.3 Å². The molecule has 5 nitrogen and oxygen atoms in total. The van der Waals surface area contributed by atoms with Gasteiger partial charge in [-0.05, 0) is 36.4 Å². The lowest BCUT2D eigenvalue weighted by atomic mass is 9.87. The number of hydrogen-bond acceptors (Lipinski definition) is 3. The number of rotatable bonds is 8. The largest absolute Gasteiger partial charge is 1.00 e. The van der Waals surface area contributed by atoms with Gasteiger partial charge < -0.3 is 26.6 Å². The summed E-state index contributed by atoms with van der Waals surface area (Å²) in [4.78, 5) is 0. The van der Waals surface area contributed by atoms with E-state index in [9.17, 15) is 13.5 Å². The van der Waals surface area contributed by atoms with Crippen molar-refractivity contribution in [2.45, 2.75) is 18.6 Å². The molecule has 9 heteroatoms.